The van der Waals surface area contributed by atoms with E-state index in [1.165, 1.54) is 12.8 Å². The molecule has 0 spiro atoms. The Morgan fingerprint density at radius 3 is 2.63 bits per heavy atom. The second kappa shape index (κ2) is 6.89. The molecule has 2 unspecified atom stereocenters. The van der Waals surface area contributed by atoms with Crippen molar-refractivity contribution in [2.45, 2.75) is 46.1 Å². The summed E-state index contributed by atoms with van der Waals surface area (Å²) >= 11 is 0. The summed E-state index contributed by atoms with van der Waals surface area (Å²) in [5, 5.41) is 8.87. The number of rotatable bonds is 5. The Morgan fingerprint density at radius 2 is 2.05 bits per heavy atom. The predicted molar refractivity (Wildman–Crippen MR) is 75.7 cm³/mol. The van der Waals surface area contributed by atoms with Crippen molar-refractivity contribution in [3.63, 3.8) is 0 Å². The van der Waals surface area contributed by atoms with Crippen LogP contribution in [0.25, 0.3) is 0 Å². The highest BCUT2D eigenvalue weighted by Gasteiger charge is 2.28. The topological polar surface area (TPSA) is 70.2 Å². The van der Waals surface area contributed by atoms with Gasteiger partial charge < -0.3 is 16.0 Å². The Bertz CT molecular complexity index is 329. The van der Waals surface area contributed by atoms with Crippen molar-refractivity contribution >= 4 is 11.8 Å². The van der Waals surface area contributed by atoms with Crippen molar-refractivity contribution in [3.8, 4) is 0 Å². The molecule has 5 nitrogen and oxygen atoms in total. The molecule has 0 saturated carbocycles. The first-order valence-corrected chi connectivity index (χ1v) is 7.09. The number of piperidine rings is 1. The minimum Gasteiger partial charge on any atom is -0.359 e. The molecule has 0 aromatic rings. The van der Waals surface area contributed by atoms with Gasteiger partial charge in [-0.2, -0.15) is 0 Å². The maximum absolute atomic E-state index is 11.9. The molecule has 1 aliphatic rings. The predicted octanol–water partition coefficient (Wildman–Crippen LogP) is 0.653. The summed E-state index contributed by atoms with van der Waals surface area (Å²) in [6.45, 7) is 7.19. The number of carbonyl (C=O) groups is 2. The summed E-state index contributed by atoms with van der Waals surface area (Å²) in [5.74, 6) is 0.492. The largest absolute Gasteiger partial charge is 0.359 e. The second-order valence-electron chi connectivity index (χ2n) is 6.12. The minimum atomic E-state index is -0.573. The Morgan fingerprint density at radius 1 is 1.37 bits per heavy atom. The van der Waals surface area contributed by atoms with Crippen LogP contribution in [0.3, 0.4) is 0 Å². The Labute approximate surface area is 115 Å². The van der Waals surface area contributed by atoms with Crippen LogP contribution in [0.2, 0.25) is 0 Å². The quantitative estimate of drug-likeness (QED) is 0.686. The third-order valence-corrected chi connectivity index (χ3v) is 3.90. The summed E-state index contributed by atoms with van der Waals surface area (Å²) in [6, 6.07) is 0.261. The van der Waals surface area contributed by atoms with Crippen molar-refractivity contribution in [2.75, 3.05) is 20.1 Å². The van der Waals surface area contributed by atoms with Gasteiger partial charge in [0.2, 0.25) is 11.8 Å². The van der Waals surface area contributed by atoms with Gasteiger partial charge in [-0.3, -0.25) is 9.59 Å². The fourth-order valence-electron chi connectivity index (χ4n) is 2.40. The van der Waals surface area contributed by atoms with Crippen LogP contribution in [0, 0.1) is 11.3 Å². The summed E-state index contributed by atoms with van der Waals surface area (Å²) in [4.78, 5) is 23.5. The fourth-order valence-corrected chi connectivity index (χ4v) is 2.40. The number of carbonyl (C=O) groups excluding carboxylic acids is 2. The van der Waals surface area contributed by atoms with E-state index in [0.717, 1.165) is 6.54 Å². The van der Waals surface area contributed by atoms with Crippen LogP contribution in [-0.4, -0.2) is 38.0 Å². The molecule has 1 rings (SSSR count). The maximum atomic E-state index is 11.9. The Hall–Kier alpha value is -1.10. The molecule has 2 amide bonds. The van der Waals surface area contributed by atoms with Gasteiger partial charge in [0.05, 0.1) is 5.41 Å². The van der Waals surface area contributed by atoms with Crippen molar-refractivity contribution in [1.82, 2.24) is 16.0 Å². The number of amides is 2. The van der Waals surface area contributed by atoms with E-state index in [-0.39, 0.29) is 17.9 Å². The van der Waals surface area contributed by atoms with E-state index < -0.39 is 5.41 Å². The third-order valence-electron chi connectivity index (χ3n) is 3.90. The highest BCUT2D eigenvalue weighted by Crippen LogP contribution is 2.18. The van der Waals surface area contributed by atoms with Crippen molar-refractivity contribution in [1.29, 1.82) is 0 Å². The monoisotopic (exact) mass is 269 g/mol. The molecule has 110 valence electrons. The summed E-state index contributed by atoms with van der Waals surface area (Å²) in [6.07, 6.45) is 2.85. The molecular formula is C14H27N3O2. The second-order valence-corrected chi connectivity index (χ2v) is 6.12. The third kappa shape index (κ3) is 4.82. The van der Waals surface area contributed by atoms with E-state index in [0.29, 0.717) is 18.9 Å². The number of nitrogens with one attached hydrogen (secondary N) is 3. The number of hydrogen-bond acceptors (Lipinski definition) is 3. The zero-order chi connectivity index (χ0) is 14.5. The first kappa shape index (κ1) is 16.0. The molecule has 0 bridgehead atoms. The van der Waals surface area contributed by atoms with E-state index in [4.69, 9.17) is 0 Å². The lowest BCUT2D eigenvalue weighted by Crippen LogP contribution is -2.47. The first-order valence-electron chi connectivity index (χ1n) is 7.09. The molecule has 5 heteroatoms. The summed E-state index contributed by atoms with van der Waals surface area (Å²) < 4.78 is 0. The lowest BCUT2D eigenvalue weighted by molar-refractivity contribution is -0.129. The first-order chi connectivity index (χ1) is 8.86. The molecule has 0 aliphatic carbocycles. The van der Waals surface area contributed by atoms with E-state index in [2.05, 4.69) is 22.9 Å². The molecular weight excluding hydrogens is 242 g/mol. The van der Waals surface area contributed by atoms with Crippen LogP contribution in [0.15, 0.2) is 0 Å². The molecule has 0 aromatic heterocycles. The van der Waals surface area contributed by atoms with E-state index >= 15 is 0 Å². The molecule has 19 heavy (non-hydrogen) atoms. The zero-order valence-corrected chi connectivity index (χ0v) is 12.5. The van der Waals surface area contributed by atoms with Crippen LogP contribution in [0.4, 0.5) is 0 Å². The zero-order valence-electron chi connectivity index (χ0n) is 12.5. The van der Waals surface area contributed by atoms with Gasteiger partial charge >= 0.3 is 0 Å². The summed E-state index contributed by atoms with van der Waals surface area (Å²) in [5.41, 5.74) is -0.573. The molecule has 0 aromatic carbocycles. The van der Waals surface area contributed by atoms with Gasteiger partial charge in [0.15, 0.2) is 0 Å². The molecule has 3 N–H and O–H groups in total. The van der Waals surface area contributed by atoms with Gasteiger partial charge in [-0.25, -0.2) is 0 Å². The summed E-state index contributed by atoms with van der Waals surface area (Å²) in [7, 11) is 1.61. The van der Waals surface area contributed by atoms with Crippen molar-refractivity contribution in [3.05, 3.63) is 0 Å². The molecule has 1 heterocycles. The Balaban J connectivity index is 2.37. The molecule has 0 radical (unpaired) electrons. The Kier molecular flexibility index (Phi) is 5.79. The van der Waals surface area contributed by atoms with Crippen LogP contribution >= 0.6 is 0 Å². The lowest BCUT2D eigenvalue weighted by atomic mass is 9.89. The highest BCUT2D eigenvalue weighted by atomic mass is 16.2. The van der Waals surface area contributed by atoms with Gasteiger partial charge in [0.1, 0.15) is 0 Å². The maximum Gasteiger partial charge on any atom is 0.227 e. The molecule has 1 aliphatic heterocycles. The molecule has 1 saturated heterocycles. The van der Waals surface area contributed by atoms with Crippen LogP contribution in [0.1, 0.15) is 40.0 Å². The highest BCUT2D eigenvalue weighted by molar-refractivity contribution is 5.83. The average Bonchev–Trinajstić information content (AvgIpc) is 2.38. The standard InChI is InChI=1S/C14H27N3O2/c1-10-6-5-7-16-11(10)8-12(18)17-9-14(2,3)13(19)15-4/h10-11,16H,5-9H2,1-4H3,(H,15,19)(H,17,18). The van der Waals surface area contributed by atoms with Crippen molar-refractivity contribution < 1.29 is 9.59 Å². The average molecular weight is 269 g/mol. The van der Waals surface area contributed by atoms with Gasteiger partial charge in [-0.15, -0.1) is 0 Å². The van der Waals surface area contributed by atoms with E-state index in [9.17, 15) is 9.59 Å². The van der Waals surface area contributed by atoms with Crippen LogP contribution in [0.5, 0.6) is 0 Å². The lowest BCUT2D eigenvalue weighted by Gasteiger charge is -2.30. The van der Waals surface area contributed by atoms with Crippen LogP contribution in [-0.2, 0) is 9.59 Å². The van der Waals surface area contributed by atoms with Gasteiger partial charge in [0.25, 0.3) is 0 Å². The van der Waals surface area contributed by atoms with Crippen molar-refractivity contribution in [2.24, 2.45) is 11.3 Å². The van der Waals surface area contributed by atoms with Gasteiger partial charge in [-0.1, -0.05) is 6.92 Å². The number of hydrogen-bond donors (Lipinski definition) is 3. The smallest absolute Gasteiger partial charge is 0.227 e. The minimum absolute atomic E-state index is 0.0169. The SMILES string of the molecule is CNC(=O)C(C)(C)CNC(=O)CC1NCCCC1C. The fraction of sp³-hybridized carbons (Fsp3) is 0.857. The normalized spacial score (nSPS) is 23.8. The van der Waals surface area contributed by atoms with E-state index in [1.54, 1.807) is 7.05 Å². The molecule has 2 atom stereocenters. The van der Waals surface area contributed by atoms with Crippen LogP contribution < -0.4 is 16.0 Å². The van der Waals surface area contributed by atoms with E-state index in [1.807, 2.05) is 13.8 Å². The van der Waals surface area contributed by atoms with Gasteiger partial charge in [0, 0.05) is 26.1 Å². The molecule has 1 fully saturated rings. The van der Waals surface area contributed by atoms with Gasteiger partial charge in [-0.05, 0) is 39.2 Å².